The van der Waals surface area contributed by atoms with Crippen LogP contribution < -0.4 is 9.46 Å². The number of methoxy groups -OCH3 is 1. The monoisotopic (exact) mass is 435 g/mol. The molecule has 30 heavy (non-hydrogen) atoms. The van der Waals surface area contributed by atoms with Gasteiger partial charge in [0.15, 0.2) is 0 Å². The van der Waals surface area contributed by atoms with E-state index in [1.807, 2.05) is 0 Å². The van der Waals surface area contributed by atoms with Crippen LogP contribution >= 0.6 is 0 Å². The molecule has 0 spiro atoms. The van der Waals surface area contributed by atoms with Gasteiger partial charge in [-0.25, -0.2) is 13.1 Å². The first kappa shape index (κ1) is 22.5. The Morgan fingerprint density at radius 2 is 1.87 bits per heavy atom. The number of carbonyl (C=O) groups excluding carboxylic acids is 2. The summed E-state index contributed by atoms with van der Waals surface area (Å²) in [5.41, 5.74) is 0. The van der Waals surface area contributed by atoms with Gasteiger partial charge >= 0.3 is 11.9 Å². The summed E-state index contributed by atoms with van der Waals surface area (Å²) >= 11 is 0. The Morgan fingerprint density at radius 1 is 1.17 bits per heavy atom. The molecule has 0 amide bonds. The molecular formula is C22H29NO6S. The van der Waals surface area contributed by atoms with E-state index in [0.717, 1.165) is 32.1 Å². The smallest absolute Gasteiger partial charge is 0.308 e. The molecule has 2 aliphatic rings. The summed E-state index contributed by atoms with van der Waals surface area (Å²) in [5.74, 6) is 0.646. The molecular weight excluding hydrogens is 406 g/mol. The van der Waals surface area contributed by atoms with Gasteiger partial charge in [0.1, 0.15) is 5.75 Å². The molecule has 3 rings (SSSR count). The van der Waals surface area contributed by atoms with Gasteiger partial charge in [-0.1, -0.05) is 12.2 Å². The van der Waals surface area contributed by atoms with Gasteiger partial charge in [-0.15, -0.1) is 0 Å². The van der Waals surface area contributed by atoms with Crippen LogP contribution in [0, 0.1) is 17.8 Å². The van der Waals surface area contributed by atoms with E-state index in [1.165, 1.54) is 38.3 Å². The van der Waals surface area contributed by atoms with Crippen LogP contribution in [0.1, 0.15) is 45.4 Å². The number of ether oxygens (including phenoxy) is 2. The summed E-state index contributed by atoms with van der Waals surface area (Å²) in [7, 11) is -2.30. The van der Waals surface area contributed by atoms with E-state index in [1.54, 1.807) is 0 Å². The van der Waals surface area contributed by atoms with Gasteiger partial charge in [0.05, 0.1) is 12.0 Å². The Balaban J connectivity index is 1.64. The number of allylic oxidation sites excluding steroid dienone is 1. The van der Waals surface area contributed by atoms with Crippen LogP contribution in [0.2, 0.25) is 0 Å². The lowest BCUT2D eigenvalue weighted by Crippen LogP contribution is -2.43. The number of sulfonamides is 1. The summed E-state index contributed by atoms with van der Waals surface area (Å²) in [6, 6.07) is 5.74. The molecule has 2 aliphatic carbocycles. The normalized spacial score (nSPS) is 25.5. The summed E-state index contributed by atoms with van der Waals surface area (Å²) in [6.07, 6.45) is 9.25. The largest absolute Gasteiger partial charge is 0.469 e. The van der Waals surface area contributed by atoms with E-state index in [2.05, 4.69) is 21.6 Å². The van der Waals surface area contributed by atoms with Crippen LogP contribution in [0.25, 0.3) is 0 Å². The molecule has 1 aromatic carbocycles. The van der Waals surface area contributed by atoms with Crippen molar-refractivity contribution in [3.8, 4) is 5.75 Å². The fraction of sp³-hybridized carbons (Fsp3) is 0.545. The number of hydrogen-bond acceptors (Lipinski definition) is 6. The summed E-state index contributed by atoms with van der Waals surface area (Å²) in [4.78, 5) is 22.4. The van der Waals surface area contributed by atoms with E-state index >= 15 is 0 Å². The molecule has 4 atom stereocenters. The van der Waals surface area contributed by atoms with Crippen LogP contribution in [0.3, 0.4) is 0 Å². The van der Waals surface area contributed by atoms with Crippen molar-refractivity contribution in [1.29, 1.82) is 0 Å². The minimum Gasteiger partial charge on any atom is -0.469 e. The second-order valence-electron chi connectivity index (χ2n) is 8.02. The lowest BCUT2D eigenvalue weighted by Gasteiger charge is -2.29. The molecule has 0 unspecified atom stereocenters. The molecule has 1 N–H and O–H groups in total. The number of benzene rings is 1. The first-order chi connectivity index (χ1) is 14.3. The van der Waals surface area contributed by atoms with Gasteiger partial charge in [0, 0.05) is 19.4 Å². The predicted molar refractivity (Wildman–Crippen MR) is 111 cm³/mol. The topological polar surface area (TPSA) is 98.8 Å². The molecule has 164 valence electrons. The minimum absolute atomic E-state index is 0.126. The van der Waals surface area contributed by atoms with Crippen molar-refractivity contribution in [2.24, 2.45) is 17.8 Å². The highest BCUT2D eigenvalue weighted by Gasteiger charge is 2.47. The van der Waals surface area contributed by atoms with E-state index < -0.39 is 16.0 Å². The number of fused-ring (bicyclic) bond motifs is 2. The van der Waals surface area contributed by atoms with Crippen LogP contribution in [0.4, 0.5) is 0 Å². The Morgan fingerprint density at radius 3 is 2.53 bits per heavy atom. The van der Waals surface area contributed by atoms with Crippen molar-refractivity contribution in [1.82, 2.24) is 4.72 Å². The second-order valence-corrected chi connectivity index (χ2v) is 9.73. The van der Waals surface area contributed by atoms with Crippen LogP contribution in [-0.2, 0) is 24.3 Å². The number of hydrogen-bond donors (Lipinski definition) is 1. The second kappa shape index (κ2) is 9.75. The van der Waals surface area contributed by atoms with E-state index in [0.29, 0.717) is 24.0 Å². The van der Waals surface area contributed by atoms with E-state index in [4.69, 9.17) is 4.74 Å². The number of rotatable bonds is 9. The first-order valence-corrected chi connectivity index (χ1v) is 11.8. The average molecular weight is 436 g/mol. The molecule has 7 nitrogen and oxygen atoms in total. The van der Waals surface area contributed by atoms with Gasteiger partial charge in [-0.2, -0.15) is 0 Å². The number of esters is 2. The highest BCUT2D eigenvalue weighted by atomic mass is 32.2. The van der Waals surface area contributed by atoms with Crippen LogP contribution in [0.15, 0.2) is 41.3 Å². The summed E-state index contributed by atoms with van der Waals surface area (Å²) < 4.78 is 38.4. The third-order valence-corrected chi connectivity index (χ3v) is 7.48. The Bertz CT molecular complexity index is 893. The molecule has 0 radical (unpaired) electrons. The zero-order valence-electron chi connectivity index (χ0n) is 17.4. The molecule has 0 aliphatic heterocycles. The lowest BCUT2D eigenvalue weighted by atomic mass is 9.84. The first-order valence-electron chi connectivity index (χ1n) is 10.3. The molecule has 1 aromatic rings. The van der Waals surface area contributed by atoms with Gasteiger partial charge in [0.2, 0.25) is 10.0 Å². The van der Waals surface area contributed by atoms with Crippen molar-refractivity contribution in [3.63, 3.8) is 0 Å². The maximum absolute atomic E-state index is 12.9. The molecule has 0 aromatic heterocycles. The zero-order valence-corrected chi connectivity index (χ0v) is 18.2. The summed E-state index contributed by atoms with van der Waals surface area (Å²) in [6.45, 7) is 1.30. The SMILES string of the molecule is COC(=O)CCCC=C[C@H]1[C@@H]2CC[C@@H](C2)[C@@H]1NS(=O)(=O)c1ccc(OC(C)=O)cc1. The van der Waals surface area contributed by atoms with Crippen LogP contribution in [-0.4, -0.2) is 33.5 Å². The van der Waals surface area contributed by atoms with Crippen molar-refractivity contribution < 1.29 is 27.5 Å². The fourth-order valence-electron chi connectivity index (χ4n) is 4.61. The summed E-state index contributed by atoms with van der Waals surface area (Å²) in [5, 5.41) is 0. The maximum Gasteiger partial charge on any atom is 0.308 e. The molecule has 2 fully saturated rings. The van der Waals surface area contributed by atoms with Crippen molar-refractivity contribution in [2.75, 3.05) is 7.11 Å². The molecule has 0 heterocycles. The molecule has 8 heteroatoms. The number of nitrogens with one attached hydrogen (secondary N) is 1. The van der Waals surface area contributed by atoms with Gasteiger partial charge in [0.25, 0.3) is 0 Å². The number of unbranched alkanes of at least 4 members (excludes halogenated alkanes) is 1. The highest BCUT2D eigenvalue weighted by molar-refractivity contribution is 7.89. The minimum atomic E-state index is -3.68. The highest BCUT2D eigenvalue weighted by Crippen LogP contribution is 2.49. The predicted octanol–water partition coefficient (Wildman–Crippen LogP) is 3.20. The number of carbonyl (C=O) groups is 2. The van der Waals surface area contributed by atoms with Crippen molar-refractivity contribution >= 4 is 22.0 Å². The van der Waals surface area contributed by atoms with Gasteiger partial charge in [-0.3, -0.25) is 9.59 Å². The zero-order chi connectivity index (χ0) is 21.7. The van der Waals surface area contributed by atoms with Gasteiger partial charge < -0.3 is 9.47 Å². The van der Waals surface area contributed by atoms with Gasteiger partial charge in [-0.05, 0) is 74.1 Å². The lowest BCUT2D eigenvalue weighted by molar-refractivity contribution is -0.140. The van der Waals surface area contributed by atoms with E-state index in [9.17, 15) is 18.0 Å². The molecule has 2 saturated carbocycles. The maximum atomic E-state index is 12.9. The third kappa shape index (κ3) is 5.49. The quantitative estimate of drug-likeness (QED) is 0.277. The fourth-order valence-corrected chi connectivity index (χ4v) is 5.95. The Hall–Kier alpha value is -2.19. The Kier molecular flexibility index (Phi) is 7.31. The van der Waals surface area contributed by atoms with E-state index in [-0.39, 0.29) is 22.8 Å². The standard InChI is InChI=1S/C22H29NO6S/c1-15(24)29-18-10-12-19(13-11-18)30(26,27)23-22-17-9-8-16(14-17)20(22)6-4-3-5-7-21(25)28-2/h4,6,10-13,16-17,20,22-23H,3,5,7-9,14H2,1-2H3/t16-,17+,20+,22+/m1/s1. The van der Waals surface area contributed by atoms with Crippen molar-refractivity contribution in [3.05, 3.63) is 36.4 Å². The Labute approximate surface area is 177 Å². The average Bonchev–Trinajstić information content (AvgIpc) is 3.29. The van der Waals surface area contributed by atoms with Crippen LogP contribution in [0.5, 0.6) is 5.75 Å². The molecule has 0 saturated heterocycles. The molecule has 2 bridgehead atoms. The third-order valence-electron chi connectivity index (χ3n) is 6.01. The van der Waals surface area contributed by atoms with Crippen molar-refractivity contribution in [2.45, 2.75) is 56.4 Å².